The molecule has 1 fully saturated rings. The summed E-state index contributed by atoms with van der Waals surface area (Å²) in [6.45, 7) is -0.506. The van der Waals surface area contributed by atoms with Crippen molar-refractivity contribution >= 4 is 21.9 Å². The lowest BCUT2D eigenvalue weighted by Crippen LogP contribution is -2.08. The third kappa shape index (κ3) is 3.06. The molecule has 2 rings (SSSR count). The van der Waals surface area contributed by atoms with Crippen LogP contribution in [0.1, 0.15) is 36.3 Å². The molecule has 1 saturated carbocycles. The minimum Gasteiger partial charge on any atom is -0.481 e. The van der Waals surface area contributed by atoms with Crippen LogP contribution in [0.2, 0.25) is 0 Å². The lowest BCUT2D eigenvalue weighted by molar-refractivity contribution is -0.137. The van der Waals surface area contributed by atoms with Crippen LogP contribution < -0.4 is 0 Å². The highest BCUT2D eigenvalue weighted by Crippen LogP contribution is 2.45. The van der Waals surface area contributed by atoms with Crippen LogP contribution in [0.4, 0.5) is 4.39 Å². The lowest BCUT2D eigenvalue weighted by atomic mass is 9.90. The average molecular weight is 301 g/mol. The first-order valence-electron chi connectivity index (χ1n) is 5.68. The van der Waals surface area contributed by atoms with Gasteiger partial charge in [-0.3, -0.25) is 4.79 Å². The van der Waals surface area contributed by atoms with Gasteiger partial charge in [-0.25, -0.2) is 4.39 Å². The van der Waals surface area contributed by atoms with Crippen LogP contribution in [0.3, 0.4) is 0 Å². The van der Waals surface area contributed by atoms with Gasteiger partial charge < -0.3 is 5.11 Å². The first-order chi connectivity index (χ1) is 8.11. The number of hydrogen-bond acceptors (Lipinski definition) is 1. The number of halogens is 2. The second kappa shape index (κ2) is 5.17. The molecule has 92 valence electrons. The smallest absolute Gasteiger partial charge is 0.303 e. The van der Waals surface area contributed by atoms with Crippen LogP contribution in [0, 0.1) is 5.92 Å². The van der Waals surface area contributed by atoms with Crippen LogP contribution in [0.25, 0.3) is 0 Å². The molecule has 4 heteroatoms. The topological polar surface area (TPSA) is 37.3 Å². The fourth-order valence-corrected chi connectivity index (χ4v) is 2.65. The van der Waals surface area contributed by atoms with Gasteiger partial charge in [0.1, 0.15) is 6.67 Å². The standard InChI is InChI=1S/C13H14BrFO2/c14-12-5-9(3-4-10(12)7-15)11(6-13(16)17)8-1-2-8/h3-5,8,11H,1-2,6-7H2,(H,16,17). The molecule has 1 unspecified atom stereocenters. The third-order valence-electron chi connectivity index (χ3n) is 3.23. The van der Waals surface area contributed by atoms with Gasteiger partial charge in [0.15, 0.2) is 0 Å². The van der Waals surface area contributed by atoms with Gasteiger partial charge in [0.25, 0.3) is 0 Å². The normalized spacial score (nSPS) is 16.8. The molecule has 1 aromatic rings. The van der Waals surface area contributed by atoms with Crippen molar-refractivity contribution in [2.45, 2.75) is 31.9 Å². The highest BCUT2D eigenvalue weighted by molar-refractivity contribution is 9.10. The van der Waals surface area contributed by atoms with Crippen LogP contribution >= 0.6 is 15.9 Å². The Kier molecular flexibility index (Phi) is 3.82. The lowest BCUT2D eigenvalue weighted by Gasteiger charge is -2.15. The Morgan fingerprint density at radius 3 is 2.71 bits per heavy atom. The van der Waals surface area contributed by atoms with Crippen molar-refractivity contribution in [2.24, 2.45) is 5.92 Å². The van der Waals surface area contributed by atoms with Crippen LogP contribution in [0.5, 0.6) is 0 Å². The molecule has 1 aliphatic rings. The summed E-state index contributed by atoms with van der Waals surface area (Å²) in [5, 5.41) is 8.92. The molecule has 1 aromatic carbocycles. The summed E-state index contributed by atoms with van der Waals surface area (Å²) in [4.78, 5) is 10.9. The molecule has 0 amide bonds. The number of benzene rings is 1. The Labute approximate surface area is 108 Å². The number of alkyl halides is 1. The Hall–Kier alpha value is -0.900. The van der Waals surface area contributed by atoms with Gasteiger partial charge in [-0.05, 0) is 41.9 Å². The molecule has 0 heterocycles. The van der Waals surface area contributed by atoms with Gasteiger partial charge in [-0.2, -0.15) is 0 Å². The molecule has 1 aliphatic carbocycles. The summed E-state index contributed by atoms with van der Waals surface area (Å²) in [7, 11) is 0. The minimum atomic E-state index is -0.771. The van der Waals surface area contributed by atoms with E-state index in [0.717, 1.165) is 22.9 Å². The number of hydrogen-bond donors (Lipinski definition) is 1. The summed E-state index contributed by atoms with van der Waals surface area (Å²) in [6.07, 6.45) is 2.35. The van der Waals surface area contributed by atoms with E-state index in [1.54, 1.807) is 6.07 Å². The van der Waals surface area contributed by atoms with E-state index in [4.69, 9.17) is 5.11 Å². The van der Waals surface area contributed by atoms with E-state index >= 15 is 0 Å². The summed E-state index contributed by atoms with van der Waals surface area (Å²) >= 11 is 3.32. The quantitative estimate of drug-likeness (QED) is 0.896. The number of rotatable bonds is 5. The zero-order valence-corrected chi connectivity index (χ0v) is 10.9. The van der Waals surface area contributed by atoms with Crippen molar-refractivity contribution < 1.29 is 14.3 Å². The van der Waals surface area contributed by atoms with Gasteiger partial charge in [-0.1, -0.05) is 28.1 Å². The molecule has 0 aromatic heterocycles. The fraction of sp³-hybridized carbons (Fsp3) is 0.462. The minimum absolute atomic E-state index is 0.0671. The molecule has 2 nitrogen and oxygen atoms in total. The van der Waals surface area contributed by atoms with Gasteiger partial charge in [-0.15, -0.1) is 0 Å². The second-order valence-electron chi connectivity index (χ2n) is 4.53. The molecule has 1 N–H and O–H groups in total. The van der Waals surface area contributed by atoms with E-state index < -0.39 is 12.6 Å². The molecule has 0 radical (unpaired) electrons. The molecular formula is C13H14BrFO2. The molecule has 0 saturated heterocycles. The summed E-state index contributed by atoms with van der Waals surface area (Å²) in [6, 6.07) is 5.45. The predicted molar refractivity (Wildman–Crippen MR) is 66.7 cm³/mol. The SMILES string of the molecule is O=C(O)CC(c1ccc(CF)c(Br)c1)C1CC1. The first-order valence-corrected chi connectivity index (χ1v) is 6.47. The monoisotopic (exact) mass is 300 g/mol. The number of carbonyl (C=O) groups is 1. The maximum Gasteiger partial charge on any atom is 0.303 e. The maximum absolute atomic E-state index is 12.6. The summed E-state index contributed by atoms with van der Waals surface area (Å²) in [5.74, 6) is -0.223. The molecule has 0 aliphatic heterocycles. The zero-order chi connectivity index (χ0) is 12.4. The summed E-state index contributed by atoms with van der Waals surface area (Å²) in [5.41, 5.74) is 1.61. The van der Waals surface area contributed by atoms with E-state index in [9.17, 15) is 9.18 Å². The highest BCUT2D eigenvalue weighted by Gasteiger charge is 2.33. The first kappa shape index (κ1) is 12.6. The van der Waals surface area contributed by atoms with Crippen LogP contribution in [-0.4, -0.2) is 11.1 Å². The maximum atomic E-state index is 12.6. The van der Waals surface area contributed by atoms with E-state index in [0.29, 0.717) is 11.5 Å². The van der Waals surface area contributed by atoms with Gasteiger partial charge >= 0.3 is 5.97 Å². The van der Waals surface area contributed by atoms with Crippen molar-refractivity contribution in [3.63, 3.8) is 0 Å². The van der Waals surface area contributed by atoms with Crippen molar-refractivity contribution in [1.82, 2.24) is 0 Å². The van der Waals surface area contributed by atoms with Gasteiger partial charge in [0.2, 0.25) is 0 Å². The largest absolute Gasteiger partial charge is 0.481 e. The molecular weight excluding hydrogens is 287 g/mol. The molecule has 17 heavy (non-hydrogen) atoms. The second-order valence-corrected chi connectivity index (χ2v) is 5.38. The number of aliphatic carboxylic acids is 1. The number of carboxylic acids is 1. The summed E-state index contributed by atoms with van der Waals surface area (Å²) < 4.78 is 13.3. The van der Waals surface area contributed by atoms with Crippen molar-refractivity contribution in [3.05, 3.63) is 33.8 Å². The van der Waals surface area contributed by atoms with E-state index in [-0.39, 0.29) is 12.3 Å². The van der Waals surface area contributed by atoms with E-state index in [1.165, 1.54) is 0 Å². The van der Waals surface area contributed by atoms with E-state index in [1.807, 2.05) is 12.1 Å². The Morgan fingerprint density at radius 1 is 1.53 bits per heavy atom. The van der Waals surface area contributed by atoms with E-state index in [2.05, 4.69) is 15.9 Å². The van der Waals surface area contributed by atoms with Crippen LogP contribution in [-0.2, 0) is 11.5 Å². The zero-order valence-electron chi connectivity index (χ0n) is 9.33. The van der Waals surface area contributed by atoms with Crippen molar-refractivity contribution in [1.29, 1.82) is 0 Å². The van der Waals surface area contributed by atoms with Crippen molar-refractivity contribution in [2.75, 3.05) is 0 Å². The molecule has 0 bridgehead atoms. The fourth-order valence-electron chi connectivity index (χ4n) is 2.15. The average Bonchev–Trinajstić information content (AvgIpc) is 3.09. The Morgan fingerprint density at radius 2 is 2.24 bits per heavy atom. The van der Waals surface area contributed by atoms with Gasteiger partial charge in [0, 0.05) is 4.47 Å². The number of carboxylic acid groups (broad SMARTS) is 1. The Balaban J connectivity index is 2.23. The molecule has 0 spiro atoms. The van der Waals surface area contributed by atoms with Gasteiger partial charge in [0.05, 0.1) is 6.42 Å². The Bertz CT molecular complexity index is 429. The predicted octanol–water partition coefficient (Wildman–Crippen LogP) is 3.89. The van der Waals surface area contributed by atoms with Crippen molar-refractivity contribution in [3.8, 4) is 0 Å². The third-order valence-corrected chi connectivity index (χ3v) is 3.97. The highest BCUT2D eigenvalue weighted by atomic mass is 79.9. The molecule has 1 atom stereocenters. The van der Waals surface area contributed by atoms with Crippen LogP contribution in [0.15, 0.2) is 22.7 Å².